The Morgan fingerprint density at radius 1 is 1.50 bits per heavy atom. The van der Waals surface area contributed by atoms with Crippen LogP contribution in [0.1, 0.15) is 10.4 Å². The van der Waals surface area contributed by atoms with E-state index in [2.05, 4.69) is 10.3 Å². The highest BCUT2D eigenvalue weighted by Crippen LogP contribution is 2.10. The van der Waals surface area contributed by atoms with Gasteiger partial charge in [0.1, 0.15) is 0 Å². The zero-order valence-corrected chi connectivity index (χ0v) is 12.0. The molecular weight excluding hydrogens is 278 g/mol. The molecule has 0 saturated carbocycles. The molecule has 2 rings (SSSR count). The van der Waals surface area contributed by atoms with Gasteiger partial charge in [0, 0.05) is 26.3 Å². The maximum Gasteiger partial charge on any atom is 0.261 e. The number of nitrogens with zero attached hydrogens (tertiary/aromatic N) is 1. The fourth-order valence-electron chi connectivity index (χ4n) is 1.82. The van der Waals surface area contributed by atoms with Crippen LogP contribution in [0, 0.1) is 4.77 Å². The Balaban J connectivity index is 2.39. The third-order valence-electron chi connectivity index (χ3n) is 2.95. The van der Waals surface area contributed by atoms with Gasteiger partial charge in [-0.25, -0.2) is 0 Å². The number of ether oxygens (including phenoxy) is 1. The molecule has 2 aromatic rings. The van der Waals surface area contributed by atoms with Crippen LogP contribution in [0.25, 0.3) is 10.9 Å². The first kappa shape index (κ1) is 14.4. The second-order valence-corrected chi connectivity index (χ2v) is 4.69. The molecule has 1 aromatic carbocycles. The topological polar surface area (TPSA) is 76.1 Å². The number of rotatable bonds is 4. The van der Waals surface area contributed by atoms with E-state index in [-0.39, 0.29) is 11.5 Å². The summed E-state index contributed by atoms with van der Waals surface area (Å²) >= 11 is 5.05. The summed E-state index contributed by atoms with van der Waals surface area (Å²) in [5.74, 6) is -0.219. The third kappa shape index (κ3) is 2.78. The van der Waals surface area contributed by atoms with Gasteiger partial charge in [0.05, 0.1) is 17.5 Å². The highest BCUT2D eigenvalue weighted by Gasteiger charge is 2.08. The van der Waals surface area contributed by atoms with Crippen molar-refractivity contribution in [2.45, 2.75) is 0 Å². The standard InChI is InChI=1S/C13H15N3O3S/c1-16-12(18)9-4-3-8(7-10(9)15-13(16)20)11(17)14-5-6-19-2/h3-4,7H,5-6H2,1-2H3,(H,14,17)(H,15,20). The van der Waals surface area contributed by atoms with Crippen molar-refractivity contribution >= 4 is 29.0 Å². The van der Waals surface area contributed by atoms with Gasteiger partial charge in [-0.1, -0.05) is 0 Å². The zero-order chi connectivity index (χ0) is 14.7. The molecule has 0 radical (unpaired) electrons. The van der Waals surface area contributed by atoms with Crippen LogP contribution in [0.4, 0.5) is 0 Å². The van der Waals surface area contributed by atoms with Crippen molar-refractivity contribution in [2.24, 2.45) is 7.05 Å². The maximum absolute atomic E-state index is 12.0. The van der Waals surface area contributed by atoms with Crippen molar-refractivity contribution in [1.29, 1.82) is 0 Å². The van der Waals surface area contributed by atoms with Crippen LogP contribution in [-0.2, 0) is 11.8 Å². The molecule has 6 nitrogen and oxygen atoms in total. The SMILES string of the molecule is COCCNC(=O)c1ccc2c(=O)n(C)c(=S)[nH]c2c1. The number of carbonyl (C=O) groups excluding carboxylic acids is 1. The number of amides is 1. The molecular formula is C13H15N3O3S. The maximum atomic E-state index is 12.0. The van der Waals surface area contributed by atoms with Crippen molar-refractivity contribution in [2.75, 3.05) is 20.3 Å². The van der Waals surface area contributed by atoms with Gasteiger partial charge < -0.3 is 15.0 Å². The smallest absolute Gasteiger partial charge is 0.261 e. The number of benzene rings is 1. The molecule has 0 aliphatic rings. The molecule has 0 saturated heterocycles. The van der Waals surface area contributed by atoms with Gasteiger partial charge in [0.2, 0.25) is 0 Å². The van der Waals surface area contributed by atoms with E-state index in [9.17, 15) is 9.59 Å². The second-order valence-electron chi connectivity index (χ2n) is 4.30. The number of carbonyl (C=O) groups is 1. The van der Waals surface area contributed by atoms with E-state index in [0.29, 0.717) is 34.4 Å². The highest BCUT2D eigenvalue weighted by molar-refractivity contribution is 7.71. The number of nitrogens with one attached hydrogen (secondary N) is 2. The number of aromatic nitrogens is 2. The Bertz CT molecular complexity index is 764. The van der Waals surface area contributed by atoms with Crippen molar-refractivity contribution in [3.8, 4) is 0 Å². The normalized spacial score (nSPS) is 10.7. The molecule has 0 fully saturated rings. The van der Waals surface area contributed by atoms with E-state index >= 15 is 0 Å². The lowest BCUT2D eigenvalue weighted by Crippen LogP contribution is -2.27. The zero-order valence-electron chi connectivity index (χ0n) is 11.2. The number of hydrogen-bond acceptors (Lipinski definition) is 4. The predicted octanol–water partition coefficient (Wildman–Crippen LogP) is 0.972. The van der Waals surface area contributed by atoms with Gasteiger partial charge in [-0.15, -0.1) is 0 Å². The molecule has 0 unspecified atom stereocenters. The molecule has 0 atom stereocenters. The van der Waals surface area contributed by atoms with E-state index in [4.69, 9.17) is 17.0 Å². The number of aromatic amines is 1. The molecule has 1 aromatic heterocycles. The third-order valence-corrected chi connectivity index (χ3v) is 3.33. The Hall–Kier alpha value is -1.99. The minimum absolute atomic E-state index is 0.185. The lowest BCUT2D eigenvalue weighted by molar-refractivity contribution is 0.0937. The Morgan fingerprint density at radius 2 is 2.25 bits per heavy atom. The minimum atomic E-state index is -0.219. The van der Waals surface area contributed by atoms with Gasteiger partial charge in [-0.2, -0.15) is 0 Å². The lowest BCUT2D eigenvalue weighted by atomic mass is 10.1. The van der Waals surface area contributed by atoms with Crippen molar-refractivity contribution in [1.82, 2.24) is 14.9 Å². The van der Waals surface area contributed by atoms with E-state index < -0.39 is 0 Å². The highest BCUT2D eigenvalue weighted by atomic mass is 32.1. The molecule has 0 bridgehead atoms. The summed E-state index contributed by atoms with van der Waals surface area (Å²) in [4.78, 5) is 26.8. The molecule has 0 aliphatic heterocycles. The number of methoxy groups -OCH3 is 1. The van der Waals surface area contributed by atoms with Gasteiger partial charge in [0.25, 0.3) is 11.5 Å². The Morgan fingerprint density at radius 3 is 2.95 bits per heavy atom. The summed E-state index contributed by atoms with van der Waals surface area (Å²) in [6.07, 6.45) is 0. The van der Waals surface area contributed by atoms with E-state index in [0.717, 1.165) is 0 Å². The van der Waals surface area contributed by atoms with Crippen LogP contribution in [0.3, 0.4) is 0 Å². The predicted molar refractivity (Wildman–Crippen MR) is 78.6 cm³/mol. The van der Waals surface area contributed by atoms with Gasteiger partial charge in [-0.3, -0.25) is 14.2 Å². The van der Waals surface area contributed by atoms with Crippen LogP contribution in [0.15, 0.2) is 23.0 Å². The monoisotopic (exact) mass is 293 g/mol. The second kappa shape index (κ2) is 5.98. The molecule has 0 spiro atoms. The van der Waals surface area contributed by atoms with Crippen LogP contribution in [0.5, 0.6) is 0 Å². The average molecular weight is 293 g/mol. The summed E-state index contributed by atoms with van der Waals surface area (Å²) in [6.45, 7) is 0.877. The van der Waals surface area contributed by atoms with E-state index in [1.807, 2.05) is 0 Å². The molecule has 7 heteroatoms. The molecule has 0 aliphatic carbocycles. The Kier molecular flexibility index (Phi) is 4.31. The molecule has 2 N–H and O–H groups in total. The molecule has 20 heavy (non-hydrogen) atoms. The fourth-order valence-corrected chi connectivity index (χ4v) is 2.01. The van der Waals surface area contributed by atoms with Crippen LogP contribution in [-0.4, -0.2) is 35.7 Å². The van der Waals surface area contributed by atoms with Crippen LogP contribution >= 0.6 is 12.2 Å². The molecule has 106 valence electrons. The lowest BCUT2D eigenvalue weighted by Gasteiger charge is -2.06. The largest absolute Gasteiger partial charge is 0.383 e. The number of H-pyrrole nitrogens is 1. The van der Waals surface area contributed by atoms with Crippen molar-refractivity contribution < 1.29 is 9.53 Å². The summed E-state index contributed by atoms with van der Waals surface area (Å²) in [5, 5.41) is 3.21. The van der Waals surface area contributed by atoms with E-state index in [1.165, 1.54) is 4.57 Å². The summed E-state index contributed by atoms with van der Waals surface area (Å²) in [7, 11) is 3.17. The van der Waals surface area contributed by atoms with Gasteiger partial charge >= 0.3 is 0 Å². The minimum Gasteiger partial charge on any atom is -0.383 e. The van der Waals surface area contributed by atoms with Gasteiger partial charge in [-0.05, 0) is 30.4 Å². The fraction of sp³-hybridized carbons (Fsp3) is 0.308. The average Bonchev–Trinajstić information content (AvgIpc) is 2.44. The first-order valence-electron chi connectivity index (χ1n) is 6.05. The molecule has 1 heterocycles. The first-order valence-corrected chi connectivity index (χ1v) is 6.45. The quantitative estimate of drug-likeness (QED) is 0.650. The summed E-state index contributed by atoms with van der Waals surface area (Å²) in [6, 6.07) is 4.85. The van der Waals surface area contributed by atoms with Crippen LogP contribution in [0.2, 0.25) is 0 Å². The summed E-state index contributed by atoms with van der Waals surface area (Å²) < 4.78 is 6.54. The summed E-state index contributed by atoms with van der Waals surface area (Å²) in [5.41, 5.74) is 0.833. The first-order chi connectivity index (χ1) is 9.54. The van der Waals surface area contributed by atoms with E-state index in [1.54, 1.807) is 32.4 Å². The Labute approximate surface area is 120 Å². The van der Waals surface area contributed by atoms with Crippen LogP contribution < -0.4 is 10.9 Å². The number of hydrogen-bond donors (Lipinski definition) is 2. The van der Waals surface area contributed by atoms with Gasteiger partial charge in [0.15, 0.2) is 4.77 Å². The van der Waals surface area contributed by atoms with Crippen molar-refractivity contribution in [3.05, 3.63) is 38.9 Å². The van der Waals surface area contributed by atoms with Crippen molar-refractivity contribution in [3.63, 3.8) is 0 Å². The molecule has 1 amide bonds. The number of fused-ring (bicyclic) bond motifs is 1.